The smallest absolute Gasteiger partial charge is 0.0257 e. The molecule has 0 bridgehead atoms. The lowest BCUT2D eigenvalue weighted by Crippen LogP contribution is -2.23. The van der Waals surface area contributed by atoms with Crippen LogP contribution in [0.15, 0.2) is 0 Å². The summed E-state index contributed by atoms with van der Waals surface area (Å²) in [6.45, 7) is 1.02. The van der Waals surface area contributed by atoms with Crippen molar-refractivity contribution in [3.63, 3.8) is 0 Å². The fraction of sp³-hybridized carbons (Fsp3) is 0.714. The molecule has 0 radical (unpaired) electrons. The van der Waals surface area contributed by atoms with Gasteiger partial charge in [-0.1, -0.05) is 12.8 Å². The third-order valence-electron chi connectivity index (χ3n) is 1.72. The van der Waals surface area contributed by atoms with Gasteiger partial charge in [0.05, 0.1) is 0 Å². The zero-order valence-corrected chi connectivity index (χ0v) is 4.98. The molecule has 1 N–H and O–H groups in total. The van der Waals surface area contributed by atoms with Crippen molar-refractivity contribution in [3.05, 3.63) is 0 Å². The Morgan fingerprint density at radius 1 is 1.62 bits per heavy atom. The molecule has 1 saturated carbocycles. The van der Waals surface area contributed by atoms with Gasteiger partial charge in [-0.25, -0.2) is 0 Å². The van der Waals surface area contributed by atoms with Crippen LogP contribution in [-0.4, -0.2) is 6.54 Å². The first-order chi connectivity index (χ1) is 3.93. The quantitative estimate of drug-likeness (QED) is 0.411. The second kappa shape index (κ2) is 2.61. The first-order valence-electron chi connectivity index (χ1n) is 3.12. The Morgan fingerprint density at radius 2 is 2.38 bits per heavy atom. The normalized spacial score (nSPS) is 18.9. The molecule has 1 rings (SSSR count). The van der Waals surface area contributed by atoms with Crippen molar-refractivity contribution in [2.24, 2.45) is 5.92 Å². The summed E-state index contributed by atoms with van der Waals surface area (Å²) in [4.78, 5) is 0. The van der Waals surface area contributed by atoms with E-state index in [1.165, 1.54) is 19.3 Å². The maximum absolute atomic E-state index is 4.99. The lowest BCUT2D eigenvalue weighted by Gasteiger charge is -2.24. The third-order valence-corrected chi connectivity index (χ3v) is 1.72. The highest BCUT2D eigenvalue weighted by atomic mass is 14.8. The molecule has 0 aliphatic heterocycles. The van der Waals surface area contributed by atoms with Crippen LogP contribution in [-0.2, 0) is 0 Å². The van der Waals surface area contributed by atoms with Gasteiger partial charge < -0.3 is 5.32 Å². The number of nitrogens with one attached hydrogen (secondary N) is 1. The van der Waals surface area contributed by atoms with Gasteiger partial charge in [-0.3, -0.25) is 0 Å². The molecule has 0 heterocycles. The monoisotopic (exact) mass is 109 g/mol. The van der Waals surface area contributed by atoms with Crippen LogP contribution in [0.2, 0.25) is 0 Å². The average molecular weight is 109 g/mol. The molecule has 0 saturated heterocycles. The van der Waals surface area contributed by atoms with Gasteiger partial charge in [-0.05, 0) is 18.8 Å². The van der Waals surface area contributed by atoms with Gasteiger partial charge in [0, 0.05) is 12.6 Å². The highest BCUT2D eigenvalue weighted by molar-refractivity contribution is 4.83. The SMILES string of the molecule is C#CNCC1CCC1. The van der Waals surface area contributed by atoms with E-state index in [2.05, 4.69) is 11.4 Å². The van der Waals surface area contributed by atoms with E-state index >= 15 is 0 Å². The van der Waals surface area contributed by atoms with Gasteiger partial charge in [-0.15, -0.1) is 0 Å². The van der Waals surface area contributed by atoms with Crippen LogP contribution in [0.3, 0.4) is 0 Å². The van der Waals surface area contributed by atoms with Crippen molar-refractivity contribution in [1.29, 1.82) is 0 Å². The summed E-state index contributed by atoms with van der Waals surface area (Å²) in [6, 6.07) is 2.42. The Hall–Kier alpha value is -0.640. The van der Waals surface area contributed by atoms with Crippen LogP contribution < -0.4 is 5.32 Å². The van der Waals surface area contributed by atoms with Gasteiger partial charge >= 0.3 is 0 Å². The van der Waals surface area contributed by atoms with E-state index in [1.807, 2.05) is 0 Å². The summed E-state index contributed by atoms with van der Waals surface area (Å²) in [5, 5.41) is 2.88. The van der Waals surface area contributed by atoms with E-state index in [0.29, 0.717) is 0 Å². The van der Waals surface area contributed by atoms with Crippen LogP contribution >= 0.6 is 0 Å². The lowest BCUT2D eigenvalue weighted by atomic mass is 9.86. The summed E-state index contributed by atoms with van der Waals surface area (Å²) in [5.41, 5.74) is 0. The van der Waals surface area contributed by atoms with Crippen LogP contribution in [0.5, 0.6) is 0 Å². The van der Waals surface area contributed by atoms with Gasteiger partial charge in [-0.2, -0.15) is 0 Å². The van der Waals surface area contributed by atoms with Crippen LogP contribution in [0.25, 0.3) is 0 Å². The molecule has 44 valence electrons. The van der Waals surface area contributed by atoms with Crippen molar-refractivity contribution < 1.29 is 0 Å². The summed E-state index contributed by atoms with van der Waals surface area (Å²) < 4.78 is 0. The number of rotatable bonds is 2. The molecular formula is C7H11N. The zero-order valence-electron chi connectivity index (χ0n) is 4.98. The van der Waals surface area contributed by atoms with Crippen molar-refractivity contribution in [2.45, 2.75) is 19.3 Å². The van der Waals surface area contributed by atoms with E-state index in [4.69, 9.17) is 6.42 Å². The lowest BCUT2D eigenvalue weighted by molar-refractivity contribution is 0.314. The number of hydrogen-bond donors (Lipinski definition) is 1. The molecule has 0 atom stereocenters. The highest BCUT2D eigenvalue weighted by Gasteiger charge is 2.15. The fourth-order valence-corrected chi connectivity index (χ4v) is 0.900. The Bertz CT molecular complexity index is 97.4. The highest BCUT2D eigenvalue weighted by Crippen LogP contribution is 2.24. The molecule has 0 spiro atoms. The first kappa shape index (κ1) is 5.50. The van der Waals surface area contributed by atoms with Gasteiger partial charge in [0.1, 0.15) is 0 Å². The standard InChI is InChI=1S/C7H11N/c1-2-8-6-7-4-3-5-7/h1,7-8H,3-6H2. The van der Waals surface area contributed by atoms with E-state index < -0.39 is 0 Å². The predicted molar refractivity (Wildman–Crippen MR) is 34.2 cm³/mol. The van der Waals surface area contributed by atoms with E-state index in [0.717, 1.165) is 12.5 Å². The third kappa shape index (κ3) is 1.16. The molecule has 1 heteroatoms. The Morgan fingerprint density at radius 3 is 2.75 bits per heavy atom. The fourth-order valence-electron chi connectivity index (χ4n) is 0.900. The zero-order chi connectivity index (χ0) is 5.82. The second-order valence-corrected chi connectivity index (χ2v) is 2.32. The van der Waals surface area contributed by atoms with Gasteiger partial charge in [0.2, 0.25) is 0 Å². The molecule has 8 heavy (non-hydrogen) atoms. The van der Waals surface area contributed by atoms with Crippen molar-refractivity contribution in [1.82, 2.24) is 5.32 Å². The van der Waals surface area contributed by atoms with E-state index in [-0.39, 0.29) is 0 Å². The summed E-state index contributed by atoms with van der Waals surface area (Å²) in [6.07, 6.45) is 9.13. The maximum atomic E-state index is 4.99. The summed E-state index contributed by atoms with van der Waals surface area (Å²) in [7, 11) is 0. The minimum Gasteiger partial charge on any atom is -0.346 e. The molecule has 0 aromatic heterocycles. The molecular weight excluding hydrogens is 98.1 g/mol. The van der Waals surface area contributed by atoms with Crippen LogP contribution in [0.1, 0.15) is 19.3 Å². The predicted octanol–water partition coefficient (Wildman–Crippen LogP) is 0.967. The first-order valence-corrected chi connectivity index (χ1v) is 3.12. The van der Waals surface area contributed by atoms with Crippen molar-refractivity contribution in [3.8, 4) is 12.5 Å². The number of hydrogen-bond acceptors (Lipinski definition) is 1. The molecule has 1 fully saturated rings. The van der Waals surface area contributed by atoms with Gasteiger partial charge in [0.15, 0.2) is 0 Å². The topological polar surface area (TPSA) is 12.0 Å². The molecule has 0 aromatic carbocycles. The largest absolute Gasteiger partial charge is 0.346 e. The molecule has 0 amide bonds. The van der Waals surface area contributed by atoms with Gasteiger partial charge in [0.25, 0.3) is 0 Å². The summed E-state index contributed by atoms with van der Waals surface area (Å²) in [5.74, 6) is 0.881. The van der Waals surface area contributed by atoms with E-state index in [1.54, 1.807) is 0 Å². The molecule has 1 aliphatic rings. The number of terminal acetylenes is 1. The molecule has 0 aromatic rings. The molecule has 0 unspecified atom stereocenters. The van der Waals surface area contributed by atoms with Crippen molar-refractivity contribution >= 4 is 0 Å². The molecule has 1 aliphatic carbocycles. The van der Waals surface area contributed by atoms with Crippen molar-refractivity contribution in [2.75, 3.05) is 6.54 Å². The summed E-state index contributed by atoms with van der Waals surface area (Å²) >= 11 is 0. The molecule has 1 nitrogen and oxygen atoms in total. The minimum atomic E-state index is 0.881. The van der Waals surface area contributed by atoms with E-state index in [9.17, 15) is 0 Å². The van der Waals surface area contributed by atoms with Crippen LogP contribution in [0.4, 0.5) is 0 Å². The minimum absolute atomic E-state index is 0.881. The average Bonchev–Trinajstić information content (AvgIpc) is 1.63. The van der Waals surface area contributed by atoms with Crippen LogP contribution in [0, 0.1) is 18.4 Å². The Labute approximate surface area is 50.5 Å². The Balaban J connectivity index is 1.95. The second-order valence-electron chi connectivity index (χ2n) is 2.32. The Kier molecular flexibility index (Phi) is 1.80. The maximum Gasteiger partial charge on any atom is 0.0257 e.